The van der Waals surface area contributed by atoms with E-state index >= 15 is 0 Å². The molecular formula is C18H30N2O3. The molecule has 0 aliphatic heterocycles. The predicted octanol–water partition coefficient (Wildman–Crippen LogP) is 3.94. The number of carbonyl (C=O) groups excluding carboxylic acids is 1. The van der Waals surface area contributed by atoms with Crippen LogP contribution in [0, 0.1) is 5.41 Å². The molecule has 0 spiro atoms. The largest absolute Gasteiger partial charge is 0.494 e. The lowest BCUT2D eigenvalue weighted by molar-refractivity contribution is 0.199. The summed E-state index contributed by atoms with van der Waals surface area (Å²) in [5, 5.41) is 5.68. The Hall–Kier alpha value is -1.91. The second-order valence-electron chi connectivity index (χ2n) is 7.45. The van der Waals surface area contributed by atoms with E-state index in [-0.39, 0.29) is 23.7 Å². The maximum absolute atomic E-state index is 12.0. The van der Waals surface area contributed by atoms with Gasteiger partial charge in [0.25, 0.3) is 0 Å². The van der Waals surface area contributed by atoms with Crippen molar-refractivity contribution in [2.75, 3.05) is 13.3 Å². The van der Waals surface area contributed by atoms with Gasteiger partial charge in [-0.05, 0) is 56.9 Å². The molecule has 130 valence electrons. The summed E-state index contributed by atoms with van der Waals surface area (Å²) in [5.41, 5.74) is -0.128. The lowest BCUT2D eigenvalue weighted by Gasteiger charge is -2.33. The van der Waals surface area contributed by atoms with Crippen molar-refractivity contribution in [1.82, 2.24) is 10.6 Å². The summed E-state index contributed by atoms with van der Waals surface area (Å²) in [6, 6.07) is 7.07. The molecule has 0 aliphatic carbocycles. The van der Waals surface area contributed by atoms with Gasteiger partial charge >= 0.3 is 6.03 Å². The van der Waals surface area contributed by atoms with Gasteiger partial charge in [-0.25, -0.2) is 4.79 Å². The second kappa shape index (κ2) is 8.09. The van der Waals surface area contributed by atoms with Crippen molar-refractivity contribution in [1.29, 1.82) is 0 Å². The molecule has 0 saturated heterocycles. The van der Waals surface area contributed by atoms with Crippen molar-refractivity contribution in [2.45, 2.75) is 53.5 Å². The summed E-state index contributed by atoms with van der Waals surface area (Å²) in [7, 11) is 0. The SMILES string of the molecule is CCOc1ccc(OCNC(=O)NC(C)(C)CC(C)(C)C)cc1. The number of benzene rings is 1. The van der Waals surface area contributed by atoms with Crippen molar-refractivity contribution >= 4 is 6.03 Å². The molecule has 0 fully saturated rings. The van der Waals surface area contributed by atoms with Crippen molar-refractivity contribution < 1.29 is 14.3 Å². The minimum atomic E-state index is -0.276. The Bertz CT molecular complexity index is 490. The van der Waals surface area contributed by atoms with Crippen LogP contribution in [-0.4, -0.2) is 24.9 Å². The number of carbonyl (C=O) groups is 1. The summed E-state index contributed by atoms with van der Waals surface area (Å²) < 4.78 is 10.9. The zero-order chi connectivity index (χ0) is 17.5. The highest BCUT2D eigenvalue weighted by atomic mass is 16.5. The van der Waals surface area contributed by atoms with Gasteiger partial charge in [-0.2, -0.15) is 0 Å². The van der Waals surface area contributed by atoms with Gasteiger partial charge in [-0.1, -0.05) is 20.8 Å². The lowest BCUT2D eigenvalue weighted by Crippen LogP contribution is -2.50. The zero-order valence-corrected chi connectivity index (χ0v) is 15.2. The topological polar surface area (TPSA) is 59.6 Å². The number of ether oxygens (including phenoxy) is 2. The Morgan fingerprint density at radius 3 is 2.00 bits per heavy atom. The first kappa shape index (κ1) is 19.1. The second-order valence-corrected chi connectivity index (χ2v) is 7.45. The molecule has 0 bridgehead atoms. The number of amides is 2. The van der Waals surface area contributed by atoms with E-state index in [0.29, 0.717) is 12.4 Å². The fourth-order valence-electron chi connectivity index (χ4n) is 2.71. The standard InChI is InChI=1S/C18H30N2O3/c1-7-22-14-8-10-15(11-9-14)23-13-19-16(21)20-18(5,6)12-17(2,3)4/h8-11H,7,12-13H2,1-6H3,(H2,19,20,21). The van der Waals surface area contributed by atoms with Crippen LogP contribution in [0.15, 0.2) is 24.3 Å². The Morgan fingerprint density at radius 2 is 1.52 bits per heavy atom. The minimum absolute atomic E-state index is 0.116. The van der Waals surface area contributed by atoms with Crippen molar-refractivity contribution in [3.8, 4) is 11.5 Å². The van der Waals surface area contributed by atoms with Crippen LogP contribution in [0.2, 0.25) is 0 Å². The van der Waals surface area contributed by atoms with E-state index < -0.39 is 0 Å². The maximum Gasteiger partial charge on any atom is 0.317 e. The summed E-state index contributed by atoms with van der Waals surface area (Å²) in [6.07, 6.45) is 0.882. The quantitative estimate of drug-likeness (QED) is 0.748. The van der Waals surface area contributed by atoms with E-state index in [4.69, 9.17) is 9.47 Å². The third-order valence-corrected chi connectivity index (χ3v) is 3.03. The van der Waals surface area contributed by atoms with Crippen LogP contribution < -0.4 is 20.1 Å². The van der Waals surface area contributed by atoms with Gasteiger partial charge in [0.1, 0.15) is 11.5 Å². The van der Waals surface area contributed by atoms with E-state index in [1.807, 2.05) is 45.0 Å². The van der Waals surface area contributed by atoms with Gasteiger partial charge in [0.05, 0.1) is 6.61 Å². The Labute approximate surface area is 139 Å². The molecular weight excluding hydrogens is 292 g/mol. The lowest BCUT2D eigenvalue weighted by atomic mass is 9.82. The van der Waals surface area contributed by atoms with Gasteiger partial charge in [0.2, 0.25) is 0 Å². The zero-order valence-electron chi connectivity index (χ0n) is 15.2. The van der Waals surface area contributed by atoms with Crippen LogP contribution >= 0.6 is 0 Å². The Kier molecular flexibility index (Phi) is 6.73. The molecule has 0 radical (unpaired) electrons. The molecule has 0 atom stereocenters. The van der Waals surface area contributed by atoms with Gasteiger partial charge in [0, 0.05) is 5.54 Å². The molecule has 0 heterocycles. The Morgan fingerprint density at radius 1 is 1.00 bits per heavy atom. The van der Waals surface area contributed by atoms with Gasteiger partial charge in [-0.3, -0.25) is 0 Å². The monoisotopic (exact) mass is 322 g/mol. The first-order chi connectivity index (χ1) is 10.6. The molecule has 0 unspecified atom stereocenters. The number of hydrogen-bond donors (Lipinski definition) is 2. The highest BCUT2D eigenvalue weighted by molar-refractivity contribution is 5.74. The molecule has 1 aromatic rings. The van der Waals surface area contributed by atoms with Gasteiger partial charge < -0.3 is 20.1 Å². The predicted molar refractivity (Wildman–Crippen MR) is 92.9 cm³/mol. The van der Waals surface area contributed by atoms with Crippen molar-refractivity contribution in [3.05, 3.63) is 24.3 Å². The van der Waals surface area contributed by atoms with Crippen LogP contribution in [0.3, 0.4) is 0 Å². The minimum Gasteiger partial charge on any atom is -0.494 e. The molecule has 1 aromatic carbocycles. The van der Waals surface area contributed by atoms with Crippen LogP contribution in [0.5, 0.6) is 11.5 Å². The first-order valence-corrected chi connectivity index (χ1v) is 8.03. The fraction of sp³-hybridized carbons (Fsp3) is 0.611. The highest BCUT2D eigenvalue weighted by Crippen LogP contribution is 2.26. The summed E-state index contributed by atoms with van der Waals surface area (Å²) in [6.45, 7) is 13.2. The average molecular weight is 322 g/mol. The number of urea groups is 1. The maximum atomic E-state index is 12.0. The van der Waals surface area contributed by atoms with Crippen LogP contribution in [0.25, 0.3) is 0 Å². The van der Waals surface area contributed by atoms with E-state index in [1.165, 1.54) is 0 Å². The molecule has 0 aliphatic rings. The molecule has 2 amide bonds. The number of hydrogen-bond acceptors (Lipinski definition) is 3. The molecule has 23 heavy (non-hydrogen) atoms. The van der Waals surface area contributed by atoms with Crippen LogP contribution in [0.4, 0.5) is 4.79 Å². The molecule has 0 saturated carbocycles. The van der Waals surface area contributed by atoms with E-state index in [1.54, 1.807) is 0 Å². The molecule has 1 rings (SSSR count). The van der Waals surface area contributed by atoms with E-state index in [0.717, 1.165) is 12.2 Å². The van der Waals surface area contributed by atoms with Gasteiger partial charge in [-0.15, -0.1) is 0 Å². The number of nitrogens with one attached hydrogen (secondary N) is 2. The Balaban J connectivity index is 2.36. The van der Waals surface area contributed by atoms with Crippen molar-refractivity contribution in [2.24, 2.45) is 5.41 Å². The summed E-state index contributed by atoms with van der Waals surface area (Å²) >= 11 is 0. The van der Waals surface area contributed by atoms with Crippen molar-refractivity contribution in [3.63, 3.8) is 0 Å². The smallest absolute Gasteiger partial charge is 0.317 e. The van der Waals surface area contributed by atoms with Crippen LogP contribution in [0.1, 0.15) is 48.0 Å². The first-order valence-electron chi connectivity index (χ1n) is 8.03. The van der Waals surface area contributed by atoms with E-state index in [2.05, 4.69) is 31.4 Å². The third kappa shape index (κ3) is 8.33. The van der Waals surface area contributed by atoms with E-state index in [9.17, 15) is 4.79 Å². The molecule has 0 aromatic heterocycles. The number of rotatable bonds is 7. The summed E-state index contributed by atoms with van der Waals surface area (Å²) in [5.74, 6) is 1.48. The third-order valence-electron chi connectivity index (χ3n) is 3.03. The van der Waals surface area contributed by atoms with Crippen LogP contribution in [-0.2, 0) is 0 Å². The highest BCUT2D eigenvalue weighted by Gasteiger charge is 2.26. The van der Waals surface area contributed by atoms with Gasteiger partial charge in [0.15, 0.2) is 6.73 Å². The average Bonchev–Trinajstić information content (AvgIpc) is 2.37. The molecule has 5 heteroatoms. The fourth-order valence-corrected chi connectivity index (χ4v) is 2.71. The summed E-state index contributed by atoms with van der Waals surface area (Å²) in [4.78, 5) is 12.0. The molecule has 2 N–H and O–H groups in total. The normalized spacial score (nSPS) is 11.7. The molecule has 5 nitrogen and oxygen atoms in total.